The van der Waals surface area contributed by atoms with Crippen molar-refractivity contribution in [2.45, 2.75) is 84.3 Å². The summed E-state index contributed by atoms with van der Waals surface area (Å²) in [6.07, 6.45) is 0.845. The van der Waals surface area contributed by atoms with Crippen LogP contribution in [0.25, 0.3) is 0 Å². The third-order valence-corrected chi connectivity index (χ3v) is 5.79. The Labute approximate surface area is 172 Å². The Morgan fingerprint density at radius 3 is 1.39 bits per heavy atom. The van der Waals surface area contributed by atoms with Gasteiger partial charge in [0, 0.05) is 5.92 Å². The van der Waals surface area contributed by atoms with Crippen molar-refractivity contribution in [3.8, 4) is 0 Å². The lowest BCUT2D eigenvalue weighted by molar-refractivity contribution is -0.385. The Morgan fingerprint density at radius 2 is 1.07 bits per heavy atom. The van der Waals surface area contributed by atoms with E-state index in [1.807, 2.05) is 20.8 Å². The maximum absolute atomic E-state index is 6.13. The van der Waals surface area contributed by atoms with E-state index >= 15 is 0 Å². The Bertz CT molecular complexity index is 660. The molecule has 154 valence electrons. The maximum Gasteiger partial charge on any atom is 0.0972 e. The van der Waals surface area contributed by atoms with Crippen molar-refractivity contribution < 1.29 is 9.78 Å². The van der Waals surface area contributed by atoms with Crippen LogP contribution in [0, 0.1) is 5.92 Å². The van der Waals surface area contributed by atoms with E-state index in [4.69, 9.17) is 9.78 Å². The molecule has 0 aliphatic heterocycles. The second kappa shape index (κ2) is 8.80. The Balaban J connectivity index is 2.54. The third kappa shape index (κ3) is 5.24. The Kier molecular flexibility index (Phi) is 7.12. The van der Waals surface area contributed by atoms with Crippen LogP contribution in [-0.2, 0) is 20.6 Å². The van der Waals surface area contributed by atoms with Crippen LogP contribution < -0.4 is 0 Å². The summed E-state index contributed by atoms with van der Waals surface area (Å²) in [7, 11) is 0. The second-order valence-electron chi connectivity index (χ2n) is 9.89. The molecule has 2 rings (SSSR count). The van der Waals surface area contributed by atoms with E-state index in [-0.39, 0.29) is 28.5 Å². The van der Waals surface area contributed by atoms with Crippen LogP contribution in [0.15, 0.2) is 60.7 Å². The smallest absolute Gasteiger partial charge is 0.0972 e. The van der Waals surface area contributed by atoms with Crippen molar-refractivity contribution in [1.82, 2.24) is 0 Å². The molecule has 0 fully saturated rings. The molecular formula is C26H38O2. The summed E-state index contributed by atoms with van der Waals surface area (Å²) in [6.45, 7) is 17.6. The Morgan fingerprint density at radius 1 is 0.679 bits per heavy atom. The summed E-state index contributed by atoms with van der Waals surface area (Å²) in [5, 5.41) is 0. The fraction of sp³-hybridized carbons (Fsp3) is 0.538. The van der Waals surface area contributed by atoms with Crippen molar-refractivity contribution in [2.75, 3.05) is 0 Å². The highest BCUT2D eigenvalue weighted by Gasteiger charge is 2.47. The summed E-state index contributed by atoms with van der Waals surface area (Å²) in [5.41, 5.74) is 2.08. The highest BCUT2D eigenvalue weighted by atomic mass is 17.2. The highest BCUT2D eigenvalue weighted by molar-refractivity contribution is 5.32. The number of rotatable bonds is 8. The van der Waals surface area contributed by atoms with Gasteiger partial charge in [0.05, 0.1) is 11.7 Å². The molecule has 0 radical (unpaired) electrons. The monoisotopic (exact) mass is 382 g/mol. The molecule has 0 saturated carbocycles. The van der Waals surface area contributed by atoms with E-state index in [1.54, 1.807) is 0 Å². The quantitative estimate of drug-likeness (QED) is 0.358. The molecule has 2 aromatic rings. The lowest BCUT2D eigenvalue weighted by Gasteiger charge is -2.48. The molecule has 0 spiro atoms. The van der Waals surface area contributed by atoms with Gasteiger partial charge in [0.25, 0.3) is 0 Å². The predicted octanol–water partition coefficient (Wildman–Crippen LogP) is 7.08. The zero-order valence-corrected chi connectivity index (χ0v) is 19.0. The standard InChI is InChI=1S/C26H38O2/c1-9-22(27-28-24(2,3)4)23(25(5,6)20-16-12-10-13-17-20)26(7,8)21-18-14-11-15-19-21/h10-19,22-23H,9H2,1-8H3. The van der Waals surface area contributed by atoms with Gasteiger partial charge in [-0.25, -0.2) is 9.78 Å². The number of hydrogen-bond acceptors (Lipinski definition) is 2. The van der Waals surface area contributed by atoms with Crippen LogP contribution in [0.1, 0.15) is 72.9 Å². The van der Waals surface area contributed by atoms with E-state index in [0.717, 1.165) is 6.42 Å². The van der Waals surface area contributed by atoms with E-state index in [2.05, 4.69) is 95.3 Å². The summed E-state index contributed by atoms with van der Waals surface area (Å²) in [5.74, 6) is 0.206. The second-order valence-corrected chi connectivity index (χ2v) is 9.89. The largest absolute Gasteiger partial charge is 0.233 e. The van der Waals surface area contributed by atoms with Gasteiger partial charge in [-0.1, -0.05) is 95.3 Å². The normalized spacial score (nSPS) is 14.3. The van der Waals surface area contributed by atoms with Gasteiger partial charge in [0.15, 0.2) is 0 Å². The minimum Gasteiger partial charge on any atom is -0.233 e. The first kappa shape index (κ1) is 22.6. The lowest BCUT2D eigenvalue weighted by atomic mass is 9.57. The minimum atomic E-state index is -0.342. The molecule has 0 amide bonds. The van der Waals surface area contributed by atoms with Gasteiger partial charge in [0.1, 0.15) is 0 Å². The molecule has 0 heterocycles. The molecule has 1 unspecified atom stereocenters. The van der Waals surface area contributed by atoms with Crippen LogP contribution in [-0.4, -0.2) is 11.7 Å². The van der Waals surface area contributed by atoms with Gasteiger partial charge in [-0.2, -0.15) is 0 Å². The SMILES string of the molecule is CCC(OOC(C)(C)C)C(C(C)(C)c1ccccc1)C(C)(C)c1ccccc1. The summed E-state index contributed by atoms with van der Waals surface area (Å²) < 4.78 is 0. The minimum absolute atomic E-state index is 0.0374. The number of benzene rings is 2. The Hall–Kier alpha value is -1.64. The molecule has 1 atom stereocenters. The molecule has 0 aromatic heterocycles. The van der Waals surface area contributed by atoms with E-state index in [0.29, 0.717) is 0 Å². The molecule has 0 N–H and O–H groups in total. The molecule has 0 bridgehead atoms. The summed E-state index contributed by atoms with van der Waals surface area (Å²) in [4.78, 5) is 12.0. The van der Waals surface area contributed by atoms with Crippen molar-refractivity contribution in [1.29, 1.82) is 0 Å². The van der Waals surface area contributed by atoms with Crippen molar-refractivity contribution >= 4 is 0 Å². The first-order chi connectivity index (χ1) is 13.0. The van der Waals surface area contributed by atoms with Crippen molar-refractivity contribution in [3.63, 3.8) is 0 Å². The van der Waals surface area contributed by atoms with E-state index < -0.39 is 0 Å². The molecule has 0 aliphatic carbocycles. The average Bonchev–Trinajstić information content (AvgIpc) is 2.65. The molecule has 28 heavy (non-hydrogen) atoms. The third-order valence-electron chi connectivity index (χ3n) is 5.79. The number of hydrogen-bond donors (Lipinski definition) is 0. The summed E-state index contributed by atoms with van der Waals surface area (Å²) in [6, 6.07) is 21.6. The van der Waals surface area contributed by atoms with Crippen LogP contribution >= 0.6 is 0 Å². The highest BCUT2D eigenvalue weighted by Crippen LogP contribution is 2.47. The van der Waals surface area contributed by atoms with Gasteiger partial charge in [-0.15, -0.1) is 0 Å². The lowest BCUT2D eigenvalue weighted by Crippen LogP contribution is -2.50. The van der Waals surface area contributed by atoms with Crippen LogP contribution in [0.3, 0.4) is 0 Å². The topological polar surface area (TPSA) is 18.5 Å². The molecular weight excluding hydrogens is 344 g/mol. The van der Waals surface area contributed by atoms with Gasteiger partial charge < -0.3 is 0 Å². The fourth-order valence-corrected chi connectivity index (χ4v) is 4.49. The molecule has 2 heteroatoms. The van der Waals surface area contributed by atoms with E-state index in [1.165, 1.54) is 11.1 Å². The molecule has 0 aliphatic rings. The van der Waals surface area contributed by atoms with Crippen molar-refractivity contribution in [3.05, 3.63) is 71.8 Å². The molecule has 2 nitrogen and oxygen atoms in total. The van der Waals surface area contributed by atoms with Gasteiger partial charge in [-0.05, 0) is 49.1 Å². The zero-order valence-electron chi connectivity index (χ0n) is 19.0. The van der Waals surface area contributed by atoms with Crippen molar-refractivity contribution in [2.24, 2.45) is 5.92 Å². The fourth-order valence-electron chi connectivity index (χ4n) is 4.49. The first-order valence-electron chi connectivity index (χ1n) is 10.5. The van der Waals surface area contributed by atoms with Crippen LogP contribution in [0.4, 0.5) is 0 Å². The van der Waals surface area contributed by atoms with Crippen LogP contribution in [0.5, 0.6) is 0 Å². The molecule has 0 saturated heterocycles. The molecule has 2 aromatic carbocycles. The predicted molar refractivity (Wildman–Crippen MR) is 118 cm³/mol. The van der Waals surface area contributed by atoms with Gasteiger partial charge in [0.2, 0.25) is 0 Å². The van der Waals surface area contributed by atoms with E-state index in [9.17, 15) is 0 Å². The zero-order chi connectivity index (χ0) is 21.0. The summed E-state index contributed by atoms with van der Waals surface area (Å²) >= 11 is 0. The van der Waals surface area contributed by atoms with Crippen LogP contribution in [0.2, 0.25) is 0 Å². The average molecular weight is 383 g/mol. The van der Waals surface area contributed by atoms with Gasteiger partial charge >= 0.3 is 0 Å². The maximum atomic E-state index is 6.13. The first-order valence-corrected chi connectivity index (χ1v) is 10.5. The van der Waals surface area contributed by atoms with Gasteiger partial charge in [-0.3, -0.25) is 0 Å².